The number of aryl methyl sites for hydroxylation is 1. The lowest BCUT2D eigenvalue weighted by Crippen LogP contribution is -2.12. The second-order valence-electron chi connectivity index (χ2n) is 7.30. The summed E-state index contributed by atoms with van der Waals surface area (Å²) in [6, 6.07) is 19.3. The first-order chi connectivity index (χ1) is 16.2. The van der Waals surface area contributed by atoms with Crippen molar-refractivity contribution in [2.45, 2.75) is 19.8 Å². The normalized spacial score (nSPS) is 10.6. The van der Waals surface area contributed by atoms with Gasteiger partial charge in [0, 0.05) is 29.2 Å². The molecule has 4 rings (SSSR count). The Morgan fingerprint density at radius 2 is 1.94 bits per heavy atom. The van der Waals surface area contributed by atoms with Crippen molar-refractivity contribution in [3.8, 4) is 33.5 Å². The third-order valence-corrected chi connectivity index (χ3v) is 5.86. The van der Waals surface area contributed by atoms with E-state index in [1.54, 1.807) is 24.6 Å². The van der Waals surface area contributed by atoms with Crippen LogP contribution in [0.1, 0.15) is 18.9 Å². The van der Waals surface area contributed by atoms with Gasteiger partial charge in [0.2, 0.25) is 5.91 Å². The van der Waals surface area contributed by atoms with E-state index in [1.807, 2.05) is 73.0 Å². The van der Waals surface area contributed by atoms with E-state index in [9.17, 15) is 4.79 Å². The summed E-state index contributed by atoms with van der Waals surface area (Å²) in [7, 11) is 1.61. The van der Waals surface area contributed by atoms with Gasteiger partial charge in [-0.1, -0.05) is 24.3 Å². The number of nitrogens with zero attached hydrogens (tertiary/aromatic N) is 2. The molecule has 2 heterocycles. The number of rotatable bonds is 9. The van der Waals surface area contributed by atoms with Crippen LogP contribution < -0.4 is 14.8 Å². The Bertz CT molecular complexity index is 1220. The van der Waals surface area contributed by atoms with Gasteiger partial charge in [0.1, 0.15) is 5.01 Å². The average Bonchev–Trinajstić information content (AvgIpc) is 3.35. The second-order valence-corrected chi connectivity index (χ2v) is 8.16. The number of ether oxygens (including phenoxy) is 2. The fourth-order valence-electron chi connectivity index (χ4n) is 3.39. The third kappa shape index (κ3) is 5.75. The van der Waals surface area contributed by atoms with Gasteiger partial charge in [-0.25, -0.2) is 4.98 Å². The van der Waals surface area contributed by atoms with Crippen LogP contribution in [0.2, 0.25) is 0 Å². The number of nitrogens with one attached hydrogen (secondary N) is 1. The van der Waals surface area contributed by atoms with Crippen molar-refractivity contribution in [2.75, 3.05) is 19.0 Å². The minimum atomic E-state index is -0.0487. The number of benzene rings is 2. The van der Waals surface area contributed by atoms with Crippen molar-refractivity contribution in [2.24, 2.45) is 0 Å². The number of thiazole rings is 1. The molecule has 0 radical (unpaired) electrons. The molecular weight excluding hydrogens is 434 g/mol. The average molecular weight is 460 g/mol. The van der Waals surface area contributed by atoms with Gasteiger partial charge in [-0.15, -0.1) is 11.3 Å². The van der Waals surface area contributed by atoms with Crippen LogP contribution in [0.15, 0.2) is 72.2 Å². The summed E-state index contributed by atoms with van der Waals surface area (Å²) in [5.74, 6) is 1.33. The van der Waals surface area contributed by atoms with Gasteiger partial charge >= 0.3 is 0 Å². The predicted octanol–water partition coefficient (Wildman–Crippen LogP) is 5.85. The minimum absolute atomic E-state index is 0.0487. The fraction of sp³-hybridized carbons (Fsp3) is 0.192. The summed E-state index contributed by atoms with van der Waals surface area (Å²) in [6.07, 6.45) is 2.73. The molecule has 0 aliphatic carbocycles. The van der Waals surface area contributed by atoms with Crippen LogP contribution in [0.5, 0.6) is 11.5 Å². The number of anilines is 1. The molecule has 4 aromatic rings. The summed E-state index contributed by atoms with van der Waals surface area (Å²) in [5.41, 5.74) is 4.42. The van der Waals surface area contributed by atoms with Crippen LogP contribution in [0.25, 0.3) is 22.0 Å². The van der Waals surface area contributed by atoms with Crippen molar-refractivity contribution in [1.29, 1.82) is 0 Å². The molecule has 168 valence electrons. The monoisotopic (exact) mass is 459 g/mol. The van der Waals surface area contributed by atoms with Crippen molar-refractivity contribution in [1.82, 2.24) is 9.97 Å². The zero-order chi connectivity index (χ0) is 23.0. The quantitative estimate of drug-likeness (QED) is 0.340. The Morgan fingerprint density at radius 3 is 2.73 bits per heavy atom. The number of amides is 1. The van der Waals surface area contributed by atoms with E-state index >= 15 is 0 Å². The molecule has 0 atom stereocenters. The maximum Gasteiger partial charge on any atom is 0.224 e. The molecule has 1 N–H and O–H groups in total. The Hall–Kier alpha value is -3.71. The fourth-order valence-corrected chi connectivity index (χ4v) is 4.20. The summed E-state index contributed by atoms with van der Waals surface area (Å²) in [6.45, 7) is 2.50. The highest BCUT2D eigenvalue weighted by atomic mass is 32.1. The standard InChI is InChI=1S/C26H25N3O3S/c1-3-32-23-12-10-18(15-24(23)31-2)11-13-25(30)28-20-8-6-7-19(16-20)22-17-33-26(29-22)21-9-4-5-14-27-21/h4-10,12,14-17H,3,11,13H2,1-2H3,(H,28,30). The number of carbonyl (C=O) groups excluding carboxylic acids is 1. The lowest BCUT2D eigenvalue weighted by Gasteiger charge is -2.11. The molecule has 33 heavy (non-hydrogen) atoms. The van der Waals surface area contributed by atoms with Crippen LogP contribution in [-0.2, 0) is 11.2 Å². The van der Waals surface area contributed by atoms with Gasteiger partial charge < -0.3 is 14.8 Å². The highest BCUT2D eigenvalue weighted by molar-refractivity contribution is 7.13. The molecule has 7 heteroatoms. The smallest absolute Gasteiger partial charge is 0.224 e. The van der Waals surface area contributed by atoms with Gasteiger partial charge in [-0.05, 0) is 55.3 Å². The van der Waals surface area contributed by atoms with Crippen molar-refractivity contribution < 1.29 is 14.3 Å². The minimum Gasteiger partial charge on any atom is -0.493 e. The van der Waals surface area contributed by atoms with Gasteiger partial charge in [0.15, 0.2) is 11.5 Å². The summed E-state index contributed by atoms with van der Waals surface area (Å²) < 4.78 is 10.9. The molecule has 6 nitrogen and oxygen atoms in total. The molecule has 0 unspecified atom stereocenters. The predicted molar refractivity (Wildman–Crippen MR) is 132 cm³/mol. The van der Waals surface area contributed by atoms with Crippen LogP contribution in [0.4, 0.5) is 5.69 Å². The van der Waals surface area contributed by atoms with E-state index in [-0.39, 0.29) is 5.91 Å². The molecule has 1 amide bonds. The van der Waals surface area contributed by atoms with E-state index in [1.165, 1.54) is 0 Å². The molecule has 0 saturated heterocycles. The van der Waals surface area contributed by atoms with Crippen LogP contribution in [0, 0.1) is 0 Å². The van der Waals surface area contributed by atoms with Crippen molar-refractivity contribution in [3.05, 3.63) is 77.8 Å². The Labute approximate surface area is 197 Å². The lowest BCUT2D eigenvalue weighted by molar-refractivity contribution is -0.116. The molecule has 0 spiro atoms. The van der Waals surface area contributed by atoms with Gasteiger partial charge in [0.25, 0.3) is 0 Å². The molecule has 0 aliphatic heterocycles. The molecule has 0 fully saturated rings. The molecule has 2 aromatic carbocycles. The first-order valence-corrected chi connectivity index (χ1v) is 11.6. The van der Waals surface area contributed by atoms with Gasteiger partial charge in [0.05, 0.1) is 25.1 Å². The number of carbonyl (C=O) groups is 1. The number of hydrogen-bond donors (Lipinski definition) is 1. The van der Waals surface area contributed by atoms with Gasteiger partial charge in [-0.2, -0.15) is 0 Å². The summed E-state index contributed by atoms with van der Waals surface area (Å²) >= 11 is 1.55. The SMILES string of the molecule is CCOc1ccc(CCC(=O)Nc2cccc(-c3csc(-c4ccccn4)n3)c2)cc1OC. The van der Waals surface area contributed by atoms with E-state index in [2.05, 4.69) is 10.3 Å². The van der Waals surface area contributed by atoms with Gasteiger partial charge in [-0.3, -0.25) is 9.78 Å². The zero-order valence-electron chi connectivity index (χ0n) is 18.6. The molecule has 0 bridgehead atoms. The third-order valence-electron chi connectivity index (χ3n) is 5.00. The number of aromatic nitrogens is 2. The highest BCUT2D eigenvalue weighted by Crippen LogP contribution is 2.30. The first-order valence-electron chi connectivity index (χ1n) is 10.7. The Kier molecular flexibility index (Phi) is 7.32. The zero-order valence-corrected chi connectivity index (χ0v) is 19.4. The largest absolute Gasteiger partial charge is 0.493 e. The van der Waals surface area contributed by atoms with E-state index in [4.69, 9.17) is 14.5 Å². The topological polar surface area (TPSA) is 73.3 Å². The molecule has 2 aromatic heterocycles. The number of methoxy groups -OCH3 is 1. The van der Waals surface area contributed by atoms with Crippen LogP contribution in [-0.4, -0.2) is 29.6 Å². The Balaban J connectivity index is 1.39. The maximum atomic E-state index is 12.6. The van der Waals surface area contributed by atoms with E-state index < -0.39 is 0 Å². The summed E-state index contributed by atoms with van der Waals surface area (Å²) in [4.78, 5) is 21.6. The van der Waals surface area contributed by atoms with Crippen molar-refractivity contribution in [3.63, 3.8) is 0 Å². The van der Waals surface area contributed by atoms with E-state index in [0.29, 0.717) is 30.9 Å². The number of pyridine rings is 1. The first kappa shape index (κ1) is 22.5. The molecule has 0 saturated carbocycles. The second kappa shape index (κ2) is 10.7. The summed E-state index contributed by atoms with van der Waals surface area (Å²) in [5, 5.41) is 5.86. The highest BCUT2D eigenvalue weighted by Gasteiger charge is 2.10. The maximum absolute atomic E-state index is 12.6. The molecular formula is C26H25N3O3S. The van der Waals surface area contributed by atoms with Crippen LogP contribution >= 0.6 is 11.3 Å². The van der Waals surface area contributed by atoms with Crippen LogP contribution in [0.3, 0.4) is 0 Å². The Morgan fingerprint density at radius 1 is 1.03 bits per heavy atom. The number of hydrogen-bond acceptors (Lipinski definition) is 6. The van der Waals surface area contributed by atoms with E-state index in [0.717, 1.165) is 33.2 Å². The molecule has 0 aliphatic rings. The van der Waals surface area contributed by atoms with Crippen molar-refractivity contribution >= 4 is 22.9 Å². The lowest BCUT2D eigenvalue weighted by atomic mass is 10.1.